The standard InChI is InChI=1S/C16H30O4/c1-6-8-10-16(14(19)20,15(3,4)5)11-9-12(7-2)13(17)18/h12H,6-11H2,1-5H3,(H,17,18)(H,19,20). The minimum Gasteiger partial charge on any atom is -0.481 e. The number of aliphatic carboxylic acids is 2. The number of unbranched alkanes of at least 4 members (excludes halogenated alkanes) is 1. The zero-order chi connectivity index (χ0) is 16.0. The summed E-state index contributed by atoms with van der Waals surface area (Å²) in [4.78, 5) is 23.0. The normalized spacial score (nSPS) is 16.4. The molecule has 2 atom stereocenters. The van der Waals surface area contributed by atoms with Gasteiger partial charge in [0, 0.05) is 0 Å². The van der Waals surface area contributed by atoms with Gasteiger partial charge >= 0.3 is 11.9 Å². The van der Waals surface area contributed by atoms with Gasteiger partial charge in [-0.25, -0.2) is 0 Å². The SMILES string of the molecule is CCCCC(CCC(CC)C(=O)O)(C(=O)O)C(C)(C)C. The average Bonchev–Trinajstić information content (AvgIpc) is 2.31. The van der Waals surface area contributed by atoms with Crippen molar-refractivity contribution in [3.05, 3.63) is 0 Å². The molecular weight excluding hydrogens is 256 g/mol. The largest absolute Gasteiger partial charge is 0.481 e. The number of hydrogen-bond acceptors (Lipinski definition) is 2. The fourth-order valence-corrected chi connectivity index (χ4v) is 2.81. The van der Waals surface area contributed by atoms with Crippen LogP contribution in [-0.4, -0.2) is 22.2 Å². The molecule has 0 rings (SSSR count). The van der Waals surface area contributed by atoms with Crippen molar-refractivity contribution in [1.29, 1.82) is 0 Å². The molecule has 0 aromatic carbocycles. The van der Waals surface area contributed by atoms with Crippen LogP contribution in [0.3, 0.4) is 0 Å². The highest BCUT2D eigenvalue weighted by Crippen LogP contribution is 2.47. The minimum absolute atomic E-state index is 0.384. The smallest absolute Gasteiger partial charge is 0.310 e. The predicted octanol–water partition coefficient (Wildman–Crippen LogP) is 4.18. The van der Waals surface area contributed by atoms with Gasteiger partial charge in [-0.2, -0.15) is 0 Å². The second-order valence-electron chi connectivity index (χ2n) is 6.72. The van der Waals surface area contributed by atoms with E-state index in [4.69, 9.17) is 5.11 Å². The van der Waals surface area contributed by atoms with Gasteiger partial charge in [0.15, 0.2) is 0 Å². The Balaban J connectivity index is 5.20. The van der Waals surface area contributed by atoms with Crippen LogP contribution in [0.25, 0.3) is 0 Å². The van der Waals surface area contributed by atoms with E-state index in [1.807, 2.05) is 34.6 Å². The Kier molecular flexibility index (Phi) is 7.25. The topological polar surface area (TPSA) is 74.6 Å². The van der Waals surface area contributed by atoms with E-state index in [9.17, 15) is 14.7 Å². The summed E-state index contributed by atoms with van der Waals surface area (Å²) in [5, 5.41) is 18.9. The van der Waals surface area contributed by atoms with Gasteiger partial charge in [-0.3, -0.25) is 9.59 Å². The molecule has 0 aliphatic carbocycles. The molecule has 0 spiro atoms. The van der Waals surface area contributed by atoms with Gasteiger partial charge in [-0.1, -0.05) is 47.5 Å². The Labute approximate surface area is 122 Å². The Bertz CT molecular complexity index is 330. The lowest BCUT2D eigenvalue weighted by atomic mass is 9.61. The summed E-state index contributed by atoms with van der Waals surface area (Å²) in [6.07, 6.45) is 3.81. The third-order valence-electron chi connectivity index (χ3n) is 4.56. The van der Waals surface area contributed by atoms with Crippen LogP contribution in [-0.2, 0) is 9.59 Å². The molecule has 20 heavy (non-hydrogen) atoms. The average molecular weight is 286 g/mol. The molecular formula is C16H30O4. The second kappa shape index (κ2) is 7.65. The second-order valence-corrected chi connectivity index (χ2v) is 6.72. The monoisotopic (exact) mass is 286 g/mol. The number of rotatable bonds is 9. The third-order valence-corrected chi connectivity index (χ3v) is 4.56. The molecule has 0 amide bonds. The first-order chi connectivity index (χ1) is 9.12. The van der Waals surface area contributed by atoms with Crippen LogP contribution in [0.2, 0.25) is 0 Å². The van der Waals surface area contributed by atoms with E-state index in [2.05, 4.69) is 0 Å². The molecule has 0 heterocycles. The minimum atomic E-state index is -0.841. The molecule has 0 bridgehead atoms. The Morgan fingerprint density at radius 2 is 1.60 bits per heavy atom. The molecule has 2 unspecified atom stereocenters. The Hall–Kier alpha value is -1.06. The van der Waals surface area contributed by atoms with E-state index in [1.54, 1.807) is 0 Å². The van der Waals surface area contributed by atoms with Crippen molar-refractivity contribution >= 4 is 11.9 Å². The van der Waals surface area contributed by atoms with Crippen LogP contribution >= 0.6 is 0 Å². The predicted molar refractivity (Wildman–Crippen MR) is 79.7 cm³/mol. The highest BCUT2D eigenvalue weighted by atomic mass is 16.4. The van der Waals surface area contributed by atoms with Gasteiger partial charge in [0.05, 0.1) is 11.3 Å². The zero-order valence-corrected chi connectivity index (χ0v) is 13.5. The Morgan fingerprint density at radius 3 is 1.90 bits per heavy atom. The number of carbonyl (C=O) groups is 2. The van der Waals surface area contributed by atoms with E-state index in [-0.39, 0.29) is 5.41 Å². The number of hydrogen-bond donors (Lipinski definition) is 2. The van der Waals surface area contributed by atoms with Crippen molar-refractivity contribution in [2.45, 2.75) is 73.1 Å². The first-order valence-corrected chi connectivity index (χ1v) is 7.58. The quantitative estimate of drug-likeness (QED) is 0.666. The van der Waals surface area contributed by atoms with Gasteiger partial charge in [-0.15, -0.1) is 0 Å². The zero-order valence-electron chi connectivity index (χ0n) is 13.5. The van der Waals surface area contributed by atoms with Gasteiger partial charge in [0.25, 0.3) is 0 Å². The summed E-state index contributed by atoms with van der Waals surface area (Å²) in [7, 11) is 0. The first kappa shape index (κ1) is 18.9. The summed E-state index contributed by atoms with van der Waals surface area (Å²) in [6, 6.07) is 0. The van der Waals surface area contributed by atoms with E-state index < -0.39 is 23.3 Å². The fraction of sp³-hybridized carbons (Fsp3) is 0.875. The van der Waals surface area contributed by atoms with Crippen molar-refractivity contribution in [3.8, 4) is 0 Å². The number of carboxylic acids is 2. The molecule has 118 valence electrons. The summed E-state index contributed by atoms with van der Waals surface area (Å²) in [5.74, 6) is -2.06. The highest BCUT2D eigenvalue weighted by molar-refractivity contribution is 5.76. The van der Waals surface area contributed by atoms with Crippen molar-refractivity contribution < 1.29 is 19.8 Å². The lowest BCUT2D eigenvalue weighted by molar-refractivity contribution is -0.159. The van der Waals surface area contributed by atoms with Crippen LogP contribution < -0.4 is 0 Å². The molecule has 0 saturated carbocycles. The van der Waals surface area contributed by atoms with E-state index in [1.165, 1.54) is 0 Å². The van der Waals surface area contributed by atoms with Crippen LogP contribution in [0.1, 0.15) is 73.1 Å². The fourth-order valence-electron chi connectivity index (χ4n) is 2.81. The maximum Gasteiger partial charge on any atom is 0.310 e. The molecule has 0 fully saturated rings. The van der Waals surface area contributed by atoms with Gasteiger partial charge in [-0.05, 0) is 31.1 Å². The van der Waals surface area contributed by atoms with E-state index in [0.717, 1.165) is 12.8 Å². The summed E-state index contributed by atoms with van der Waals surface area (Å²) >= 11 is 0. The molecule has 2 N–H and O–H groups in total. The van der Waals surface area contributed by atoms with Crippen LogP contribution in [0, 0.1) is 16.7 Å². The van der Waals surface area contributed by atoms with Crippen molar-refractivity contribution in [2.24, 2.45) is 16.7 Å². The molecule has 0 aromatic rings. The first-order valence-electron chi connectivity index (χ1n) is 7.58. The van der Waals surface area contributed by atoms with Crippen LogP contribution in [0.15, 0.2) is 0 Å². The molecule has 0 aromatic heterocycles. The van der Waals surface area contributed by atoms with Crippen molar-refractivity contribution in [3.63, 3.8) is 0 Å². The molecule has 0 aliphatic rings. The van der Waals surface area contributed by atoms with E-state index in [0.29, 0.717) is 25.7 Å². The summed E-state index contributed by atoms with van der Waals surface area (Å²) in [6.45, 7) is 9.71. The highest BCUT2D eigenvalue weighted by Gasteiger charge is 2.48. The maximum absolute atomic E-state index is 11.9. The lowest BCUT2D eigenvalue weighted by Crippen LogP contribution is -2.43. The third kappa shape index (κ3) is 4.50. The molecule has 0 radical (unpaired) electrons. The number of carboxylic acid groups (broad SMARTS) is 2. The maximum atomic E-state index is 11.9. The van der Waals surface area contributed by atoms with Gasteiger partial charge < -0.3 is 10.2 Å². The van der Waals surface area contributed by atoms with Gasteiger partial charge in [0.2, 0.25) is 0 Å². The molecule has 4 heteroatoms. The Morgan fingerprint density at radius 1 is 1.05 bits per heavy atom. The molecule has 0 aliphatic heterocycles. The summed E-state index contributed by atoms with van der Waals surface area (Å²) in [5.41, 5.74) is -1.23. The molecule has 4 nitrogen and oxygen atoms in total. The van der Waals surface area contributed by atoms with Gasteiger partial charge in [0.1, 0.15) is 0 Å². The van der Waals surface area contributed by atoms with Crippen molar-refractivity contribution in [1.82, 2.24) is 0 Å². The summed E-state index contributed by atoms with van der Waals surface area (Å²) < 4.78 is 0. The van der Waals surface area contributed by atoms with Crippen LogP contribution in [0.5, 0.6) is 0 Å². The lowest BCUT2D eigenvalue weighted by Gasteiger charge is -2.42. The van der Waals surface area contributed by atoms with E-state index >= 15 is 0 Å². The molecule has 0 saturated heterocycles. The van der Waals surface area contributed by atoms with Crippen molar-refractivity contribution in [2.75, 3.05) is 0 Å². The van der Waals surface area contributed by atoms with Crippen LogP contribution in [0.4, 0.5) is 0 Å².